The Morgan fingerprint density at radius 1 is 1.17 bits per heavy atom. The molecule has 2 aromatic heterocycles. The normalized spacial score (nSPS) is 16.3. The molecule has 1 atom stereocenters. The lowest BCUT2D eigenvalue weighted by Gasteiger charge is -2.32. The Balaban J connectivity index is 1.46. The van der Waals surface area contributed by atoms with E-state index in [0.29, 0.717) is 18.1 Å². The van der Waals surface area contributed by atoms with Crippen molar-refractivity contribution in [2.45, 2.75) is 32.1 Å². The van der Waals surface area contributed by atoms with E-state index in [1.807, 2.05) is 53.4 Å². The second-order valence-electron chi connectivity index (χ2n) is 7.50. The number of hydrogen-bond acceptors (Lipinski definition) is 5. The third kappa shape index (κ3) is 4.91. The average Bonchev–Trinajstić information content (AvgIpc) is 3.22. The monoisotopic (exact) mass is 420 g/mol. The third-order valence-corrected chi connectivity index (χ3v) is 6.14. The molecule has 7 heteroatoms. The SMILES string of the molecule is CC(=O)Nc1ncc(-c2cccc([C@@H]3CCCN(C(=O)Cc4ccccc4)C3)n2)s1. The van der Waals surface area contributed by atoms with E-state index >= 15 is 0 Å². The van der Waals surface area contributed by atoms with E-state index in [2.05, 4.69) is 10.3 Å². The van der Waals surface area contributed by atoms with Crippen molar-refractivity contribution in [3.05, 3.63) is 66.0 Å². The Kier molecular flexibility index (Phi) is 6.18. The van der Waals surface area contributed by atoms with Crippen LogP contribution >= 0.6 is 11.3 Å². The van der Waals surface area contributed by atoms with Crippen LogP contribution < -0.4 is 5.32 Å². The topological polar surface area (TPSA) is 75.2 Å². The van der Waals surface area contributed by atoms with Crippen LogP contribution in [0.3, 0.4) is 0 Å². The molecule has 1 fully saturated rings. The number of piperidine rings is 1. The molecule has 1 N–H and O–H groups in total. The zero-order chi connectivity index (χ0) is 20.9. The first-order chi connectivity index (χ1) is 14.6. The Morgan fingerprint density at radius 3 is 2.80 bits per heavy atom. The van der Waals surface area contributed by atoms with Crippen LogP contribution in [0.4, 0.5) is 5.13 Å². The van der Waals surface area contributed by atoms with E-state index in [-0.39, 0.29) is 17.7 Å². The summed E-state index contributed by atoms with van der Waals surface area (Å²) in [5.41, 5.74) is 2.89. The lowest BCUT2D eigenvalue weighted by Crippen LogP contribution is -2.40. The van der Waals surface area contributed by atoms with Crippen LogP contribution in [-0.4, -0.2) is 39.8 Å². The Morgan fingerprint density at radius 2 is 2.00 bits per heavy atom. The Hall–Kier alpha value is -3.06. The molecule has 0 unspecified atom stereocenters. The predicted molar refractivity (Wildman–Crippen MR) is 118 cm³/mol. The lowest BCUT2D eigenvalue weighted by molar-refractivity contribution is -0.131. The molecule has 0 spiro atoms. The number of likely N-dealkylation sites (tertiary alicyclic amines) is 1. The number of rotatable bonds is 5. The van der Waals surface area contributed by atoms with Crippen LogP contribution in [0.1, 0.15) is 36.9 Å². The van der Waals surface area contributed by atoms with Crippen molar-refractivity contribution in [1.29, 1.82) is 0 Å². The third-order valence-electron chi connectivity index (χ3n) is 5.20. The van der Waals surface area contributed by atoms with Crippen LogP contribution in [0.2, 0.25) is 0 Å². The van der Waals surface area contributed by atoms with Crippen molar-refractivity contribution >= 4 is 28.3 Å². The van der Waals surface area contributed by atoms with Gasteiger partial charge in [0.05, 0.1) is 17.0 Å². The zero-order valence-electron chi connectivity index (χ0n) is 16.9. The van der Waals surface area contributed by atoms with Crippen molar-refractivity contribution in [3.63, 3.8) is 0 Å². The van der Waals surface area contributed by atoms with E-state index in [9.17, 15) is 9.59 Å². The van der Waals surface area contributed by atoms with Crippen LogP contribution in [0, 0.1) is 0 Å². The number of anilines is 1. The summed E-state index contributed by atoms with van der Waals surface area (Å²) in [6.07, 6.45) is 4.17. The number of carbonyl (C=O) groups is 2. The van der Waals surface area contributed by atoms with Crippen molar-refractivity contribution in [2.24, 2.45) is 0 Å². The minimum Gasteiger partial charge on any atom is -0.342 e. The van der Waals surface area contributed by atoms with Gasteiger partial charge in [0.15, 0.2) is 5.13 Å². The van der Waals surface area contributed by atoms with E-state index in [1.165, 1.54) is 18.3 Å². The van der Waals surface area contributed by atoms with Crippen molar-refractivity contribution in [3.8, 4) is 10.6 Å². The molecule has 0 radical (unpaired) electrons. The quantitative estimate of drug-likeness (QED) is 0.674. The molecular weight excluding hydrogens is 396 g/mol. The molecule has 3 heterocycles. The predicted octanol–water partition coefficient (Wildman–Crippen LogP) is 4.11. The molecule has 1 aliphatic rings. The van der Waals surface area contributed by atoms with Gasteiger partial charge in [-0.3, -0.25) is 14.6 Å². The van der Waals surface area contributed by atoms with Gasteiger partial charge in [-0.1, -0.05) is 47.7 Å². The number of pyridine rings is 1. The molecule has 1 aliphatic heterocycles. The second kappa shape index (κ2) is 9.17. The van der Waals surface area contributed by atoms with Gasteiger partial charge in [0.1, 0.15) is 0 Å². The summed E-state index contributed by atoms with van der Waals surface area (Å²) >= 11 is 1.41. The summed E-state index contributed by atoms with van der Waals surface area (Å²) < 4.78 is 0. The molecule has 3 aromatic rings. The van der Waals surface area contributed by atoms with Crippen molar-refractivity contribution < 1.29 is 9.59 Å². The highest BCUT2D eigenvalue weighted by Crippen LogP contribution is 2.31. The molecule has 2 amide bonds. The number of nitrogens with one attached hydrogen (secondary N) is 1. The Bertz CT molecular complexity index is 1030. The number of amides is 2. The van der Waals surface area contributed by atoms with Crippen LogP contribution in [-0.2, 0) is 16.0 Å². The van der Waals surface area contributed by atoms with Crippen LogP contribution in [0.15, 0.2) is 54.7 Å². The fourth-order valence-electron chi connectivity index (χ4n) is 3.74. The molecule has 0 aliphatic carbocycles. The first-order valence-electron chi connectivity index (χ1n) is 10.1. The van der Waals surface area contributed by atoms with Gasteiger partial charge in [-0.25, -0.2) is 4.98 Å². The highest BCUT2D eigenvalue weighted by atomic mass is 32.1. The van der Waals surface area contributed by atoms with E-state index in [0.717, 1.165) is 41.2 Å². The maximum atomic E-state index is 12.8. The van der Waals surface area contributed by atoms with Crippen molar-refractivity contribution in [2.75, 3.05) is 18.4 Å². The summed E-state index contributed by atoms with van der Waals surface area (Å²) in [5, 5.41) is 3.28. The first-order valence-corrected chi connectivity index (χ1v) is 10.9. The number of benzene rings is 1. The minimum atomic E-state index is -0.139. The maximum Gasteiger partial charge on any atom is 0.227 e. The van der Waals surface area contributed by atoms with Gasteiger partial charge in [0.2, 0.25) is 11.8 Å². The highest BCUT2D eigenvalue weighted by Gasteiger charge is 2.26. The molecule has 4 rings (SSSR count). The summed E-state index contributed by atoms with van der Waals surface area (Å²) in [4.78, 5) is 36.0. The summed E-state index contributed by atoms with van der Waals surface area (Å²) in [7, 11) is 0. The summed E-state index contributed by atoms with van der Waals surface area (Å²) in [6.45, 7) is 2.96. The minimum absolute atomic E-state index is 0.139. The largest absolute Gasteiger partial charge is 0.342 e. The Labute approximate surface area is 180 Å². The highest BCUT2D eigenvalue weighted by molar-refractivity contribution is 7.19. The molecule has 0 bridgehead atoms. The summed E-state index contributed by atoms with van der Waals surface area (Å²) in [6, 6.07) is 15.9. The van der Waals surface area contributed by atoms with E-state index < -0.39 is 0 Å². The number of hydrogen-bond donors (Lipinski definition) is 1. The van der Waals surface area contributed by atoms with Crippen molar-refractivity contribution in [1.82, 2.24) is 14.9 Å². The lowest BCUT2D eigenvalue weighted by atomic mass is 9.93. The molecule has 1 saturated heterocycles. The molecule has 30 heavy (non-hydrogen) atoms. The standard InChI is InChI=1S/C23H24N4O2S/c1-16(28)25-23-24-14-21(30-23)20-11-5-10-19(26-20)18-9-6-12-27(15-18)22(29)13-17-7-3-2-4-8-17/h2-5,7-8,10-11,14,18H,6,9,12-13,15H2,1H3,(H,24,25,28)/t18-/m1/s1. The van der Waals surface area contributed by atoms with Gasteiger partial charge in [0, 0.05) is 37.8 Å². The second-order valence-corrected chi connectivity index (χ2v) is 8.53. The fraction of sp³-hybridized carbons (Fsp3) is 0.304. The fourth-order valence-corrected chi connectivity index (χ4v) is 4.58. The molecule has 0 saturated carbocycles. The van der Waals surface area contributed by atoms with E-state index in [1.54, 1.807) is 6.20 Å². The van der Waals surface area contributed by atoms with Gasteiger partial charge >= 0.3 is 0 Å². The first kappa shape index (κ1) is 20.2. The summed E-state index contributed by atoms with van der Waals surface area (Å²) in [5.74, 6) is 0.255. The van der Waals surface area contributed by atoms with Crippen LogP contribution in [0.5, 0.6) is 0 Å². The van der Waals surface area contributed by atoms with Gasteiger partial charge in [0.25, 0.3) is 0 Å². The van der Waals surface area contributed by atoms with E-state index in [4.69, 9.17) is 4.98 Å². The van der Waals surface area contributed by atoms with Gasteiger partial charge in [-0.05, 0) is 30.5 Å². The van der Waals surface area contributed by atoms with Gasteiger partial charge < -0.3 is 10.2 Å². The smallest absolute Gasteiger partial charge is 0.227 e. The molecule has 6 nitrogen and oxygen atoms in total. The number of aromatic nitrogens is 2. The average molecular weight is 421 g/mol. The number of thiazole rings is 1. The van der Waals surface area contributed by atoms with Gasteiger partial charge in [-0.15, -0.1) is 0 Å². The molecule has 154 valence electrons. The zero-order valence-corrected chi connectivity index (χ0v) is 17.7. The molecular formula is C23H24N4O2S. The maximum absolute atomic E-state index is 12.8. The van der Waals surface area contributed by atoms with Gasteiger partial charge in [-0.2, -0.15) is 0 Å². The van der Waals surface area contributed by atoms with Crippen LogP contribution in [0.25, 0.3) is 10.6 Å². The number of nitrogens with zero attached hydrogens (tertiary/aromatic N) is 3. The number of carbonyl (C=O) groups excluding carboxylic acids is 2. The molecule has 1 aromatic carbocycles.